The van der Waals surface area contributed by atoms with E-state index in [9.17, 15) is 24.6 Å². The fourth-order valence-corrected chi connectivity index (χ4v) is 3.79. The lowest BCUT2D eigenvalue weighted by Gasteiger charge is -2.28. The number of phenols is 1. The standard InChI is InChI=1S/C23H27N3O5/c24-18(13-15-5-2-1-3-6-15)21(28)25-19(14-16-8-10-17(27)11-9-16)22(29)26-12-4-7-20(26)23(30)31/h1-3,5-6,8-11,18-20,27H,4,7,12-14,24H2,(H,25,28)(H,30,31)/t18-,19-,20+/m0/s1. The number of carbonyl (C=O) groups is 3. The van der Waals surface area contributed by atoms with Crippen LogP contribution in [0, 0.1) is 0 Å². The maximum absolute atomic E-state index is 13.2. The van der Waals surface area contributed by atoms with Gasteiger partial charge in [0.2, 0.25) is 11.8 Å². The second kappa shape index (κ2) is 10.1. The number of nitrogens with one attached hydrogen (secondary N) is 1. The summed E-state index contributed by atoms with van der Waals surface area (Å²) in [6.07, 6.45) is 1.45. The summed E-state index contributed by atoms with van der Waals surface area (Å²) in [5, 5.41) is 21.7. The number of nitrogens with zero attached hydrogens (tertiary/aromatic N) is 1. The maximum atomic E-state index is 13.2. The van der Waals surface area contributed by atoms with Crippen LogP contribution in [0.3, 0.4) is 0 Å². The average Bonchev–Trinajstić information content (AvgIpc) is 3.25. The summed E-state index contributed by atoms with van der Waals surface area (Å²) in [6, 6.07) is 12.9. The smallest absolute Gasteiger partial charge is 0.326 e. The second-order valence-electron chi connectivity index (χ2n) is 7.76. The Morgan fingerprint density at radius 3 is 2.32 bits per heavy atom. The predicted octanol–water partition coefficient (Wildman–Crippen LogP) is 1.07. The number of hydrogen-bond acceptors (Lipinski definition) is 5. The molecule has 8 nitrogen and oxygen atoms in total. The van der Waals surface area contributed by atoms with Gasteiger partial charge in [0.15, 0.2) is 0 Å². The van der Waals surface area contributed by atoms with Crippen LogP contribution in [-0.4, -0.2) is 57.6 Å². The van der Waals surface area contributed by atoms with Crippen molar-refractivity contribution in [3.05, 3.63) is 65.7 Å². The number of carboxylic acids is 1. The van der Waals surface area contributed by atoms with Crippen molar-refractivity contribution in [2.45, 2.75) is 43.8 Å². The summed E-state index contributed by atoms with van der Waals surface area (Å²) in [5.74, 6) is -1.89. The summed E-state index contributed by atoms with van der Waals surface area (Å²) >= 11 is 0. The molecule has 0 unspecified atom stereocenters. The molecule has 0 saturated carbocycles. The van der Waals surface area contributed by atoms with Crippen molar-refractivity contribution in [2.75, 3.05) is 6.54 Å². The topological polar surface area (TPSA) is 133 Å². The highest BCUT2D eigenvalue weighted by atomic mass is 16.4. The van der Waals surface area contributed by atoms with E-state index < -0.39 is 35.9 Å². The quantitative estimate of drug-likeness (QED) is 0.500. The van der Waals surface area contributed by atoms with E-state index in [0.29, 0.717) is 25.8 Å². The second-order valence-corrected chi connectivity index (χ2v) is 7.76. The fraction of sp³-hybridized carbons (Fsp3) is 0.348. The van der Waals surface area contributed by atoms with Crippen molar-refractivity contribution in [3.63, 3.8) is 0 Å². The molecule has 8 heteroatoms. The molecular formula is C23H27N3O5. The Morgan fingerprint density at radius 1 is 1.03 bits per heavy atom. The average molecular weight is 425 g/mol. The first-order valence-electron chi connectivity index (χ1n) is 10.3. The van der Waals surface area contributed by atoms with Crippen molar-refractivity contribution in [2.24, 2.45) is 5.73 Å². The Bertz CT molecular complexity index is 917. The van der Waals surface area contributed by atoms with Gasteiger partial charge in [0, 0.05) is 13.0 Å². The minimum atomic E-state index is -1.05. The van der Waals surface area contributed by atoms with Gasteiger partial charge in [-0.1, -0.05) is 42.5 Å². The first-order chi connectivity index (χ1) is 14.8. The first-order valence-corrected chi connectivity index (χ1v) is 10.3. The van der Waals surface area contributed by atoms with Gasteiger partial charge in [-0.05, 0) is 42.5 Å². The first kappa shape index (κ1) is 22.3. The predicted molar refractivity (Wildman–Crippen MR) is 114 cm³/mol. The number of carbonyl (C=O) groups excluding carboxylic acids is 2. The zero-order chi connectivity index (χ0) is 22.4. The highest BCUT2D eigenvalue weighted by Gasteiger charge is 2.38. The van der Waals surface area contributed by atoms with E-state index in [0.717, 1.165) is 11.1 Å². The highest BCUT2D eigenvalue weighted by Crippen LogP contribution is 2.20. The third-order valence-corrected chi connectivity index (χ3v) is 5.45. The Kier molecular flexibility index (Phi) is 7.25. The zero-order valence-corrected chi connectivity index (χ0v) is 17.1. The number of likely N-dealkylation sites (tertiary alicyclic amines) is 1. The minimum Gasteiger partial charge on any atom is -0.508 e. The fourth-order valence-electron chi connectivity index (χ4n) is 3.79. The molecule has 0 spiro atoms. The summed E-state index contributed by atoms with van der Waals surface area (Å²) in [6.45, 7) is 0.327. The van der Waals surface area contributed by atoms with E-state index in [4.69, 9.17) is 5.73 Å². The molecule has 1 saturated heterocycles. The number of benzene rings is 2. The van der Waals surface area contributed by atoms with Gasteiger partial charge >= 0.3 is 5.97 Å². The number of rotatable bonds is 8. The zero-order valence-electron chi connectivity index (χ0n) is 17.1. The number of nitrogens with two attached hydrogens (primary N) is 1. The van der Waals surface area contributed by atoms with Crippen molar-refractivity contribution in [1.29, 1.82) is 0 Å². The monoisotopic (exact) mass is 425 g/mol. The van der Waals surface area contributed by atoms with Crippen LogP contribution >= 0.6 is 0 Å². The lowest BCUT2D eigenvalue weighted by Crippen LogP contribution is -2.55. The molecular weight excluding hydrogens is 398 g/mol. The number of aromatic hydroxyl groups is 1. The van der Waals surface area contributed by atoms with Crippen LogP contribution in [0.5, 0.6) is 5.75 Å². The molecule has 2 amide bonds. The Morgan fingerprint density at radius 2 is 1.68 bits per heavy atom. The van der Waals surface area contributed by atoms with Crippen LogP contribution in [0.15, 0.2) is 54.6 Å². The van der Waals surface area contributed by atoms with Crippen LogP contribution in [0.25, 0.3) is 0 Å². The van der Waals surface area contributed by atoms with Crippen LogP contribution in [-0.2, 0) is 27.2 Å². The van der Waals surface area contributed by atoms with Gasteiger partial charge in [-0.15, -0.1) is 0 Å². The number of carboxylic acid groups (broad SMARTS) is 1. The molecule has 2 aromatic carbocycles. The van der Waals surface area contributed by atoms with Gasteiger partial charge in [0.05, 0.1) is 6.04 Å². The number of aliphatic carboxylic acids is 1. The Hall–Kier alpha value is -3.39. The molecule has 1 aliphatic heterocycles. The van der Waals surface area contributed by atoms with E-state index in [-0.39, 0.29) is 12.2 Å². The third-order valence-electron chi connectivity index (χ3n) is 5.45. The van der Waals surface area contributed by atoms with E-state index in [1.807, 2.05) is 30.3 Å². The molecule has 1 fully saturated rings. The summed E-state index contributed by atoms with van der Waals surface area (Å²) < 4.78 is 0. The maximum Gasteiger partial charge on any atom is 0.326 e. The van der Waals surface area contributed by atoms with E-state index in [1.165, 1.54) is 17.0 Å². The molecule has 2 aromatic rings. The van der Waals surface area contributed by atoms with Gasteiger partial charge in [0.1, 0.15) is 17.8 Å². The molecule has 0 bridgehead atoms. The van der Waals surface area contributed by atoms with Crippen molar-refractivity contribution in [3.8, 4) is 5.75 Å². The molecule has 31 heavy (non-hydrogen) atoms. The molecule has 3 atom stereocenters. The van der Waals surface area contributed by atoms with Crippen molar-refractivity contribution >= 4 is 17.8 Å². The molecule has 1 aliphatic rings. The molecule has 164 valence electrons. The number of amides is 2. The van der Waals surface area contributed by atoms with Crippen LogP contribution in [0.1, 0.15) is 24.0 Å². The Balaban J connectivity index is 1.76. The molecule has 0 radical (unpaired) electrons. The van der Waals surface area contributed by atoms with Gasteiger partial charge < -0.3 is 26.2 Å². The summed E-state index contributed by atoms with van der Waals surface area (Å²) in [7, 11) is 0. The highest BCUT2D eigenvalue weighted by molar-refractivity contribution is 5.92. The molecule has 0 aliphatic carbocycles. The van der Waals surface area contributed by atoms with E-state index in [1.54, 1.807) is 12.1 Å². The van der Waals surface area contributed by atoms with Gasteiger partial charge in [-0.2, -0.15) is 0 Å². The lowest BCUT2D eigenvalue weighted by atomic mass is 10.0. The molecule has 0 aromatic heterocycles. The van der Waals surface area contributed by atoms with Gasteiger partial charge in [-0.3, -0.25) is 9.59 Å². The SMILES string of the molecule is N[C@@H](Cc1ccccc1)C(=O)N[C@@H](Cc1ccc(O)cc1)C(=O)N1CCC[C@@H]1C(=O)O. The van der Waals surface area contributed by atoms with Crippen LogP contribution < -0.4 is 11.1 Å². The molecule has 5 N–H and O–H groups in total. The molecule has 3 rings (SSSR count). The van der Waals surface area contributed by atoms with Crippen LogP contribution in [0.4, 0.5) is 0 Å². The number of hydrogen-bond donors (Lipinski definition) is 4. The van der Waals surface area contributed by atoms with Gasteiger partial charge in [0.25, 0.3) is 0 Å². The van der Waals surface area contributed by atoms with E-state index >= 15 is 0 Å². The van der Waals surface area contributed by atoms with Crippen LogP contribution in [0.2, 0.25) is 0 Å². The number of phenolic OH excluding ortho intramolecular Hbond substituents is 1. The normalized spacial score (nSPS) is 17.7. The summed E-state index contributed by atoms with van der Waals surface area (Å²) in [5.41, 5.74) is 7.70. The molecule has 1 heterocycles. The van der Waals surface area contributed by atoms with E-state index in [2.05, 4.69) is 5.32 Å². The van der Waals surface area contributed by atoms with Gasteiger partial charge in [-0.25, -0.2) is 4.79 Å². The lowest BCUT2D eigenvalue weighted by molar-refractivity contribution is -0.149. The third kappa shape index (κ3) is 5.82. The summed E-state index contributed by atoms with van der Waals surface area (Å²) in [4.78, 5) is 38.8. The Labute approximate surface area is 180 Å². The van der Waals surface area contributed by atoms with Crippen molar-refractivity contribution in [1.82, 2.24) is 10.2 Å². The minimum absolute atomic E-state index is 0.0889. The largest absolute Gasteiger partial charge is 0.508 e. The van der Waals surface area contributed by atoms with Crippen molar-refractivity contribution < 1.29 is 24.6 Å².